The van der Waals surface area contributed by atoms with Gasteiger partial charge >= 0.3 is 5.97 Å². The van der Waals surface area contributed by atoms with Crippen LogP contribution in [0, 0.1) is 10.1 Å². The van der Waals surface area contributed by atoms with Gasteiger partial charge in [-0.15, -0.1) is 0 Å². The van der Waals surface area contributed by atoms with E-state index in [-0.39, 0.29) is 12.1 Å². The van der Waals surface area contributed by atoms with E-state index in [2.05, 4.69) is 5.32 Å². The minimum absolute atomic E-state index is 0.257. The first-order chi connectivity index (χ1) is 8.45. The second-order valence-corrected chi connectivity index (χ2v) is 3.74. The Bertz CT molecular complexity index is 461. The van der Waals surface area contributed by atoms with Crippen molar-refractivity contribution < 1.29 is 19.9 Å². The maximum absolute atomic E-state index is 10.9. The number of nitrogens with zero attached hydrogens (tertiary/aromatic N) is 1. The normalized spacial score (nSPS) is 11.9. The van der Waals surface area contributed by atoms with Crippen molar-refractivity contribution in [1.29, 1.82) is 0 Å². The van der Waals surface area contributed by atoms with Gasteiger partial charge in [0, 0.05) is 18.3 Å². The fourth-order valence-electron chi connectivity index (χ4n) is 1.36. The van der Waals surface area contributed by atoms with Crippen LogP contribution in [0.1, 0.15) is 23.7 Å². The van der Waals surface area contributed by atoms with Crippen molar-refractivity contribution in [3.8, 4) is 0 Å². The van der Waals surface area contributed by atoms with Crippen LogP contribution in [-0.4, -0.2) is 33.8 Å². The molecule has 98 valence electrons. The summed E-state index contributed by atoms with van der Waals surface area (Å²) in [6, 6.07) is 3.72. The molecule has 0 aliphatic heterocycles. The zero-order valence-electron chi connectivity index (χ0n) is 9.79. The van der Waals surface area contributed by atoms with Crippen molar-refractivity contribution in [2.75, 3.05) is 11.9 Å². The Morgan fingerprint density at radius 2 is 2.22 bits per heavy atom. The van der Waals surface area contributed by atoms with E-state index in [1.807, 2.05) is 6.92 Å². The predicted octanol–water partition coefficient (Wildman–Crippen LogP) is 1.48. The molecule has 0 spiro atoms. The first-order valence-corrected chi connectivity index (χ1v) is 5.39. The third-order valence-corrected chi connectivity index (χ3v) is 2.44. The molecule has 0 radical (unpaired) electrons. The Morgan fingerprint density at radius 1 is 1.56 bits per heavy atom. The molecule has 1 aromatic carbocycles. The van der Waals surface area contributed by atoms with Crippen molar-refractivity contribution in [2.45, 2.75) is 19.4 Å². The summed E-state index contributed by atoms with van der Waals surface area (Å²) in [6.07, 6.45) is 0.0136. The van der Waals surface area contributed by atoms with E-state index in [1.165, 1.54) is 12.1 Å². The molecule has 0 amide bonds. The number of hydrogen-bond acceptors (Lipinski definition) is 5. The number of aromatic carboxylic acids is 1. The highest BCUT2D eigenvalue weighted by atomic mass is 16.6. The summed E-state index contributed by atoms with van der Waals surface area (Å²) in [6.45, 7) is 2.07. The quantitative estimate of drug-likeness (QED) is 0.523. The number of aliphatic hydroxyl groups is 1. The maximum Gasteiger partial charge on any atom is 0.342 e. The molecule has 1 rings (SSSR count). The molecular formula is C11H14N2O5. The van der Waals surface area contributed by atoms with E-state index < -0.39 is 22.7 Å². The monoisotopic (exact) mass is 254 g/mol. The number of hydrogen-bond donors (Lipinski definition) is 3. The molecule has 1 unspecified atom stereocenters. The molecule has 0 heterocycles. The van der Waals surface area contributed by atoms with Crippen LogP contribution >= 0.6 is 0 Å². The van der Waals surface area contributed by atoms with E-state index in [0.717, 1.165) is 6.07 Å². The molecule has 0 bridgehead atoms. The van der Waals surface area contributed by atoms with Crippen molar-refractivity contribution in [2.24, 2.45) is 0 Å². The van der Waals surface area contributed by atoms with Gasteiger partial charge in [-0.05, 0) is 18.6 Å². The second-order valence-electron chi connectivity index (χ2n) is 3.74. The van der Waals surface area contributed by atoms with E-state index in [1.54, 1.807) is 0 Å². The molecule has 7 heteroatoms. The van der Waals surface area contributed by atoms with Gasteiger partial charge in [-0.2, -0.15) is 0 Å². The number of nitrogens with one attached hydrogen (secondary N) is 1. The summed E-state index contributed by atoms with van der Waals surface area (Å²) in [4.78, 5) is 20.8. The molecular weight excluding hydrogens is 240 g/mol. The average molecular weight is 254 g/mol. The number of rotatable bonds is 6. The molecule has 0 aromatic heterocycles. The number of aliphatic hydroxyl groups excluding tert-OH is 1. The van der Waals surface area contributed by atoms with Crippen LogP contribution < -0.4 is 5.32 Å². The summed E-state index contributed by atoms with van der Waals surface area (Å²) >= 11 is 0. The van der Waals surface area contributed by atoms with Crippen LogP contribution in [0.5, 0.6) is 0 Å². The van der Waals surface area contributed by atoms with Gasteiger partial charge in [-0.1, -0.05) is 6.92 Å². The molecule has 0 fully saturated rings. The lowest BCUT2D eigenvalue weighted by molar-refractivity contribution is -0.385. The summed E-state index contributed by atoms with van der Waals surface area (Å²) in [5.41, 5.74) is -0.412. The minimum Gasteiger partial charge on any atom is -0.477 e. The third kappa shape index (κ3) is 3.42. The van der Waals surface area contributed by atoms with Crippen LogP contribution in [0.2, 0.25) is 0 Å². The largest absolute Gasteiger partial charge is 0.477 e. The molecule has 1 atom stereocenters. The first-order valence-electron chi connectivity index (χ1n) is 5.39. The number of nitro groups is 1. The van der Waals surface area contributed by atoms with Gasteiger partial charge < -0.3 is 15.5 Å². The lowest BCUT2D eigenvalue weighted by Gasteiger charge is -2.11. The molecule has 1 aromatic rings. The van der Waals surface area contributed by atoms with Gasteiger partial charge in [0.2, 0.25) is 0 Å². The fourth-order valence-corrected chi connectivity index (χ4v) is 1.36. The van der Waals surface area contributed by atoms with Crippen molar-refractivity contribution in [3.05, 3.63) is 33.9 Å². The van der Waals surface area contributed by atoms with Crippen molar-refractivity contribution in [3.63, 3.8) is 0 Å². The van der Waals surface area contributed by atoms with E-state index in [9.17, 15) is 20.0 Å². The summed E-state index contributed by atoms with van der Waals surface area (Å²) < 4.78 is 0. The number of carbonyl (C=O) groups is 1. The summed E-state index contributed by atoms with van der Waals surface area (Å²) in [5, 5.41) is 31.7. The van der Waals surface area contributed by atoms with Crippen LogP contribution in [0.3, 0.4) is 0 Å². The van der Waals surface area contributed by atoms with E-state index >= 15 is 0 Å². The Balaban J connectivity index is 2.93. The number of carboxylic acids is 1. The van der Waals surface area contributed by atoms with Gasteiger partial charge in [0.15, 0.2) is 0 Å². The minimum atomic E-state index is -1.36. The Kier molecular flexibility index (Phi) is 4.61. The lowest BCUT2D eigenvalue weighted by Crippen LogP contribution is -2.18. The molecule has 0 saturated carbocycles. The van der Waals surface area contributed by atoms with Gasteiger partial charge in [-0.25, -0.2) is 4.79 Å². The number of benzene rings is 1. The average Bonchev–Trinajstić information content (AvgIpc) is 2.35. The second kappa shape index (κ2) is 5.97. The van der Waals surface area contributed by atoms with Crippen LogP contribution in [-0.2, 0) is 0 Å². The summed E-state index contributed by atoms with van der Waals surface area (Å²) in [5.74, 6) is -1.36. The van der Waals surface area contributed by atoms with Crippen LogP contribution in [0.4, 0.5) is 11.4 Å². The Morgan fingerprint density at radius 3 is 2.72 bits per heavy atom. The van der Waals surface area contributed by atoms with E-state index in [4.69, 9.17) is 5.11 Å². The maximum atomic E-state index is 10.9. The standard InChI is InChI=1S/C11H14N2O5/c1-2-8(14)6-12-7-3-4-10(13(17)18)9(5-7)11(15)16/h3-5,8,12,14H,2,6H2,1H3,(H,15,16). The van der Waals surface area contributed by atoms with Crippen molar-refractivity contribution >= 4 is 17.3 Å². The Hall–Kier alpha value is -2.15. The highest BCUT2D eigenvalue weighted by Crippen LogP contribution is 2.22. The van der Waals surface area contributed by atoms with Gasteiger partial charge in [0.1, 0.15) is 5.56 Å². The SMILES string of the molecule is CCC(O)CNc1ccc([N+](=O)[O-])c(C(=O)O)c1. The molecule has 3 N–H and O–H groups in total. The Labute approximate surface area is 103 Å². The number of nitro benzene ring substituents is 1. The molecule has 7 nitrogen and oxygen atoms in total. The predicted molar refractivity (Wildman–Crippen MR) is 64.8 cm³/mol. The third-order valence-electron chi connectivity index (χ3n) is 2.44. The number of carboxylic acid groups (broad SMARTS) is 1. The topological polar surface area (TPSA) is 113 Å². The lowest BCUT2D eigenvalue weighted by atomic mass is 10.1. The number of anilines is 1. The zero-order chi connectivity index (χ0) is 13.7. The van der Waals surface area contributed by atoms with E-state index in [0.29, 0.717) is 12.1 Å². The smallest absolute Gasteiger partial charge is 0.342 e. The highest BCUT2D eigenvalue weighted by Gasteiger charge is 2.19. The zero-order valence-corrected chi connectivity index (χ0v) is 9.79. The first kappa shape index (κ1) is 13.9. The fraction of sp³-hybridized carbons (Fsp3) is 0.364. The molecule has 0 aliphatic rings. The molecule has 18 heavy (non-hydrogen) atoms. The van der Waals surface area contributed by atoms with Crippen molar-refractivity contribution in [1.82, 2.24) is 0 Å². The van der Waals surface area contributed by atoms with Crippen LogP contribution in [0.25, 0.3) is 0 Å². The van der Waals surface area contributed by atoms with Gasteiger partial charge in [0.05, 0.1) is 11.0 Å². The van der Waals surface area contributed by atoms with Crippen LogP contribution in [0.15, 0.2) is 18.2 Å². The molecule has 0 aliphatic carbocycles. The highest BCUT2D eigenvalue weighted by molar-refractivity contribution is 5.93. The summed E-state index contributed by atoms with van der Waals surface area (Å²) in [7, 11) is 0. The van der Waals surface area contributed by atoms with Gasteiger partial charge in [0.25, 0.3) is 5.69 Å². The molecule has 0 saturated heterocycles. The van der Waals surface area contributed by atoms with Gasteiger partial charge in [-0.3, -0.25) is 10.1 Å².